The Morgan fingerprint density at radius 3 is 2.68 bits per heavy atom. The molecule has 0 bridgehead atoms. The molecule has 2 N–H and O–H groups in total. The van der Waals surface area contributed by atoms with E-state index in [2.05, 4.69) is 10.6 Å². The van der Waals surface area contributed by atoms with Gasteiger partial charge in [0.1, 0.15) is 0 Å². The number of nitrogens with one attached hydrogen (secondary N) is 2. The van der Waals surface area contributed by atoms with Crippen LogP contribution in [0.25, 0.3) is 0 Å². The zero-order chi connectivity index (χ0) is 14.3. The van der Waals surface area contributed by atoms with Gasteiger partial charge in [0.15, 0.2) is 0 Å². The molecule has 6 heteroatoms. The maximum Gasteiger partial charge on any atom is 0.221 e. The Hall–Kier alpha value is -0.970. The lowest BCUT2D eigenvalue weighted by Gasteiger charge is -2.11. The van der Waals surface area contributed by atoms with E-state index in [9.17, 15) is 4.79 Å². The normalized spacial score (nSPS) is 10.6. The van der Waals surface area contributed by atoms with Crippen LogP contribution < -0.4 is 10.6 Å². The number of halogens is 2. The van der Waals surface area contributed by atoms with Crippen molar-refractivity contribution in [2.45, 2.75) is 6.42 Å². The average Bonchev–Trinajstić information content (AvgIpc) is 2.33. The molecular formula is C13H19Cl2N3O. The van der Waals surface area contributed by atoms with Gasteiger partial charge in [-0.15, -0.1) is 0 Å². The maximum atomic E-state index is 11.5. The summed E-state index contributed by atoms with van der Waals surface area (Å²) in [6, 6.07) is 5.19. The van der Waals surface area contributed by atoms with E-state index < -0.39 is 0 Å². The number of carbonyl (C=O) groups excluding carboxylic acids is 1. The zero-order valence-electron chi connectivity index (χ0n) is 11.2. The molecule has 0 heterocycles. The molecule has 0 aromatic heterocycles. The highest BCUT2D eigenvalue weighted by Gasteiger charge is 2.03. The van der Waals surface area contributed by atoms with Crippen molar-refractivity contribution in [2.24, 2.45) is 0 Å². The number of nitrogens with zero attached hydrogens (tertiary/aromatic N) is 1. The molecule has 1 aromatic carbocycles. The Labute approximate surface area is 124 Å². The van der Waals surface area contributed by atoms with Gasteiger partial charge < -0.3 is 15.5 Å². The average molecular weight is 304 g/mol. The van der Waals surface area contributed by atoms with Gasteiger partial charge in [0.25, 0.3) is 0 Å². The van der Waals surface area contributed by atoms with Crippen LogP contribution in [0.5, 0.6) is 0 Å². The second kappa shape index (κ2) is 8.25. The molecule has 0 atom stereocenters. The lowest BCUT2D eigenvalue weighted by molar-refractivity contribution is -0.120. The number of anilines is 1. The smallest absolute Gasteiger partial charge is 0.221 e. The van der Waals surface area contributed by atoms with Crippen LogP contribution in [0, 0.1) is 0 Å². The van der Waals surface area contributed by atoms with Crippen molar-refractivity contribution >= 4 is 34.8 Å². The highest BCUT2D eigenvalue weighted by molar-refractivity contribution is 6.35. The highest BCUT2D eigenvalue weighted by atomic mass is 35.5. The first-order valence-electron chi connectivity index (χ1n) is 6.09. The Morgan fingerprint density at radius 1 is 1.26 bits per heavy atom. The molecule has 1 rings (SSSR count). The molecule has 106 valence electrons. The summed E-state index contributed by atoms with van der Waals surface area (Å²) < 4.78 is 0. The van der Waals surface area contributed by atoms with Crippen LogP contribution in [-0.4, -0.2) is 44.5 Å². The third-order valence-corrected chi connectivity index (χ3v) is 3.04. The number of carbonyl (C=O) groups is 1. The Kier molecular flexibility index (Phi) is 6.99. The molecule has 0 aliphatic heterocycles. The number of likely N-dealkylation sites (N-methyl/N-ethyl adjacent to an activating group) is 1. The quantitative estimate of drug-likeness (QED) is 0.813. The van der Waals surface area contributed by atoms with Gasteiger partial charge >= 0.3 is 0 Å². The van der Waals surface area contributed by atoms with Crippen molar-refractivity contribution in [1.29, 1.82) is 0 Å². The number of hydrogen-bond donors (Lipinski definition) is 2. The van der Waals surface area contributed by atoms with Crippen LogP contribution in [0.15, 0.2) is 18.2 Å². The van der Waals surface area contributed by atoms with Crippen molar-refractivity contribution < 1.29 is 4.79 Å². The second-order valence-corrected chi connectivity index (χ2v) is 5.30. The summed E-state index contributed by atoms with van der Waals surface area (Å²) in [5, 5.41) is 7.15. The van der Waals surface area contributed by atoms with Crippen LogP contribution in [0.4, 0.5) is 5.69 Å². The van der Waals surface area contributed by atoms with Crippen molar-refractivity contribution in [3.8, 4) is 0 Å². The summed E-state index contributed by atoms with van der Waals surface area (Å²) in [5.41, 5.74) is 0.746. The van der Waals surface area contributed by atoms with Crippen LogP contribution >= 0.6 is 23.2 Å². The molecule has 0 radical (unpaired) electrons. The fraction of sp³-hybridized carbons (Fsp3) is 0.462. The Morgan fingerprint density at radius 2 is 2.00 bits per heavy atom. The van der Waals surface area contributed by atoms with Gasteiger partial charge in [-0.3, -0.25) is 4.79 Å². The fourth-order valence-electron chi connectivity index (χ4n) is 1.45. The fourth-order valence-corrected chi connectivity index (χ4v) is 1.81. The molecule has 0 fully saturated rings. The number of hydrogen-bond acceptors (Lipinski definition) is 3. The van der Waals surface area contributed by atoms with Crippen LogP contribution in [0.2, 0.25) is 10.0 Å². The summed E-state index contributed by atoms with van der Waals surface area (Å²) in [7, 11) is 3.93. The lowest BCUT2D eigenvalue weighted by Crippen LogP contribution is -2.32. The molecule has 0 spiro atoms. The summed E-state index contributed by atoms with van der Waals surface area (Å²) in [6.07, 6.45) is 0.399. The first-order valence-corrected chi connectivity index (χ1v) is 6.85. The minimum atomic E-state index is 0.0208. The van der Waals surface area contributed by atoms with Gasteiger partial charge in [-0.2, -0.15) is 0 Å². The van der Waals surface area contributed by atoms with Gasteiger partial charge in [-0.1, -0.05) is 23.2 Å². The number of amides is 1. The maximum absolute atomic E-state index is 11.5. The Bertz CT molecular complexity index is 424. The van der Waals surface area contributed by atoms with E-state index in [4.69, 9.17) is 23.2 Å². The minimum Gasteiger partial charge on any atom is -0.383 e. The molecule has 0 saturated heterocycles. The SMILES string of the molecule is CN(C)CCNC(=O)CCNc1cc(Cl)ccc1Cl. The summed E-state index contributed by atoms with van der Waals surface area (Å²) in [6.45, 7) is 2.01. The van der Waals surface area contributed by atoms with Crippen molar-refractivity contribution in [2.75, 3.05) is 39.0 Å². The molecule has 0 unspecified atom stereocenters. The van der Waals surface area contributed by atoms with Crippen LogP contribution in [0.3, 0.4) is 0 Å². The molecule has 0 saturated carbocycles. The molecule has 4 nitrogen and oxygen atoms in total. The highest BCUT2D eigenvalue weighted by Crippen LogP contribution is 2.25. The summed E-state index contributed by atoms with van der Waals surface area (Å²) in [4.78, 5) is 13.6. The Balaban J connectivity index is 2.26. The van der Waals surface area contributed by atoms with Gasteiger partial charge in [0.2, 0.25) is 5.91 Å². The monoisotopic (exact) mass is 303 g/mol. The molecule has 0 aliphatic rings. The standard InChI is InChI=1S/C13H19Cl2N3O/c1-18(2)8-7-17-13(19)5-6-16-12-9-10(14)3-4-11(12)15/h3-4,9,16H,5-8H2,1-2H3,(H,17,19). The first kappa shape index (κ1) is 16.1. The summed E-state index contributed by atoms with van der Waals surface area (Å²) in [5.74, 6) is 0.0208. The third kappa shape index (κ3) is 6.66. The van der Waals surface area contributed by atoms with Gasteiger partial charge in [-0.25, -0.2) is 0 Å². The van der Waals surface area contributed by atoms with E-state index >= 15 is 0 Å². The van der Waals surface area contributed by atoms with E-state index in [-0.39, 0.29) is 5.91 Å². The number of rotatable bonds is 7. The molecule has 0 aliphatic carbocycles. The van der Waals surface area contributed by atoms with Gasteiger partial charge in [0.05, 0.1) is 10.7 Å². The predicted molar refractivity (Wildman–Crippen MR) is 81.1 cm³/mol. The van der Waals surface area contributed by atoms with Crippen molar-refractivity contribution in [1.82, 2.24) is 10.2 Å². The van der Waals surface area contributed by atoms with E-state index in [0.717, 1.165) is 12.2 Å². The summed E-state index contributed by atoms with van der Waals surface area (Å²) >= 11 is 11.9. The van der Waals surface area contributed by atoms with Crippen molar-refractivity contribution in [3.05, 3.63) is 28.2 Å². The topological polar surface area (TPSA) is 44.4 Å². The van der Waals surface area contributed by atoms with Crippen LogP contribution in [-0.2, 0) is 4.79 Å². The van der Waals surface area contributed by atoms with Gasteiger partial charge in [0, 0.05) is 31.1 Å². The predicted octanol–water partition coefficient (Wildman–Crippen LogP) is 2.47. The first-order chi connectivity index (χ1) is 8.99. The zero-order valence-corrected chi connectivity index (χ0v) is 12.7. The van der Waals surface area contributed by atoms with E-state index in [1.807, 2.05) is 19.0 Å². The minimum absolute atomic E-state index is 0.0208. The third-order valence-electron chi connectivity index (χ3n) is 2.48. The molecule has 19 heavy (non-hydrogen) atoms. The molecule has 1 aromatic rings. The molecule has 1 amide bonds. The lowest BCUT2D eigenvalue weighted by atomic mass is 10.3. The van der Waals surface area contributed by atoms with E-state index in [1.165, 1.54) is 0 Å². The van der Waals surface area contributed by atoms with Crippen LogP contribution in [0.1, 0.15) is 6.42 Å². The largest absolute Gasteiger partial charge is 0.383 e. The number of benzene rings is 1. The second-order valence-electron chi connectivity index (χ2n) is 4.45. The van der Waals surface area contributed by atoms with E-state index in [0.29, 0.717) is 29.6 Å². The van der Waals surface area contributed by atoms with Crippen molar-refractivity contribution in [3.63, 3.8) is 0 Å². The molecular weight excluding hydrogens is 285 g/mol. The van der Waals surface area contributed by atoms with E-state index in [1.54, 1.807) is 18.2 Å². The van der Waals surface area contributed by atoms with Gasteiger partial charge in [-0.05, 0) is 32.3 Å².